The smallest absolute Gasteiger partial charge is 0.269 e. The van der Waals surface area contributed by atoms with Gasteiger partial charge in [-0.05, 0) is 36.1 Å². The first-order valence-electron chi connectivity index (χ1n) is 11.3. The van der Waals surface area contributed by atoms with Gasteiger partial charge >= 0.3 is 0 Å². The number of hydrogen-bond acceptors (Lipinski definition) is 9. The van der Waals surface area contributed by atoms with Gasteiger partial charge in [-0.15, -0.1) is 10.2 Å². The third-order valence-electron chi connectivity index (χ3n) is 5.59. The van der Waals surface area contributed by atoms with Crippen LogP contribution < -0.4 is 9.64 Å². The van der Waals surface area contributed by atoms with Crippen LogP contribution in [0.25, 0.3) is 22.6 Å². The topological polar surface area (TPSA) is 124 Å². The van der Waals surface area contributed by atoms with Crippen molar-refractivity contribution in [3.05, 3.63) is 76.5 Å². The maximum absolute atomic E-state index is 13.2. The van der Waals surface area contributed by atoms with Crippen molar-refractivity contribution >= 4 is 29.0 Å². The number of carbonyl (C=O) groups is 1. The molecule has 182 valence electrons. The van der Waals surface area contributed by atoms with E-state index in [9.17, 15) is 14.9 Å². The molecule has 1 atom stereocenters. The van der Waals surface area contributed by atoms with Crippen molar-refractivity contribution in [2.24, 2.45) is 0 Å². The van der Waals surface area contributed by atoms with E-state index in [-0.39, 0.29) is 23.9 Å². The van der Waals surface area contributed by atoms with Gasteiger partial charge in [-0.25, -0.2) is 0 Å². The summed E-state index contributed by atoms with van der Waals surface area (Å²) in [4.78, 5) is 29.9. The van der Waals surface area contributed by atoms with Gasteiger partial charge in [0.05, 0.1) is 10.6 Å². The maximum atomic E-state index is 13.2. The molecule has 0 bridgehead atoms. The molecule has 2 aromatic carbocycles. The summed E-state index contributed by atoms with van der Waals surface area (Å²) in [5.41, 5.74) is 2.35. The van der Waals surface area contributed by atoms with Crippen molar-refractivity contribution in [2.45, 2.75) is 31.7 Å². The molecule has 10 nitrogen and oxygen atoms in total. The second kappa shape index (κ2) is 9.78. The fourth-order valence-electron chi connectivity index (χ4n) is 3.92. The maximum Gasteiger partial charge on any atom is 0.269 e. The summed E-state index contributed by atoms with van der Waals surface area (Å²) in [7, 11) is 0. The molecule has 36 heavy (non-hydrogen) atoms. The second-order valence-electron chi connectivity index (χ2n) is 7.79. The number of nitrogens with zero attached hydrogens (tertiary/aromatic N) is 5. The van der Waals surface area contributed by atoms with E-state index in [1.165, 1.54) is 23.9 Å². The molecule has 1 aliphatic heterocycles. The molecule has 5 rings (SSSR count). The standard InChI is InChI=1S/C25H21N5O5S/c1-3-21(31)29-18-8-6-5-7-17(18)22-23(26-25(28-27-22)36-4-2)35-24(29)20-14-13-19(34-20)15-9-11-16(12-10-15)30(32)33/h5-14,24H,3-4H2,1-2H3/t24-/m1/s1. The van der Waals surface area contributed by atoms with E-state index in [1.54, 1.807) is 36.1 Å². The van der Waals surface area contributed by atoms with Crippen molar-refractivity contribution < 1.29 is 18.9 Å². The number of thioether (sulfide) groups is 1. The minimum absolute atomic E-state index is 0.0153. The normalized spacial score (nSPS) is 14.4. The Morgan fingerprint density at radius 1 is 1.08 bits per heavy atom. The Hall–Kier alpha value is -4.25. The van der Waals surface area contributed by atoms with Crippen molar-refractivity contribution in [1.29, 1.82) is 0 Å². The summed E-state index contributed by atoms with van der Waals surface area (Å²) < 4.78 is 12.5. The Labute approximate surface area is 210 Å². The quantitative estimate of drug-likeness (QED) is 0.186. The van der Waals surface area contributed by atoms with Crippen LogP contribution in [0.5, 0.6) is 5.88 Å². The third-order valence-corrected chi connectivity index (χ3v) is 6.31. The number of anilines is 1. The zero-order valence-corrected chi connectivity index (χ0v) is 20.3. The van der Waals surface area contributed by atoms with Crippen LogP contribution in [0.3, 0.4) is 0 Å². The molecule has 0 fully saturated rings. The zero-order chi connectivity index (χ0) is 25.2. The van der Waals surface area contributed by atoms with Crippen LogP contribution in [0.4, 0.5) is 11.4 Å². The van der Waals surface area contributed by atoms with Crippen LogP contribution in [0, 0.1) is 10.1 Å². The first kappa shape index (κ1) is 23.5. The van der Waals surface area contributed by atoms with Crippen LogP contribution in [0.15, 0.2) is 70.2 Å². The molecule has 3 heterocycles. The van der Waals surface area contributed by atoms with Crippen LogP contribution in [0.1, 0.15) is 32.3 Å². The summed E-state index contributed by atoms with van der Waals surface area (Å²) in [6.07, 6.45) is -0.723. The fraction of sp³-hybridized carbons (Fsp3) is 0.200. The summed E-state index contributed by atoms with van der Waals surface area (Å²) >= 11 is 1.43. The van der Waals surface area contributed by atoms with Gasteiger partial charge in [0.2, 0.25) is 23.2 Å². The SMILES string of the molecule is CCSc1nnc2c(n1)O[C@H](c1ccc(-c3ccc([N+](=O)[O-])cc3)o1)N(C(=O)CC)c1ccccc1-2. The average molecular weight is 504 g/mol. The van der Waals surface area contributed by atoms with E-state index in [2.05, 4.69) is 15.2 Å². The highest BCUT2D eigenvalue weighted by Crippen LogP contribution is 2.44. The monoisotopic (exact) mass is 503 g/mol. The first-order valence-corrected chi connectivity index (χ1v) is 12.3. The Kier molecular flexibility index (Phi) is 6.38. The lowest BCUT2D eigenvalue weighted by Crippen LogP contribution is -2.37. The Balaban J connectivity index is 1.62. The molecular weight excluding hydrogens is 482 g/mol. The molecule has 0 spiro atoms. The number of amides is 1. The molecule has 11 heteroatoms. The predicted molar refractivity (Wildman–Crippen MR) is 134 cm³/mol. The number of aromatic nitrogens is 3. The summed E-state index contributed by atoms with van der Waals surface area (Å²) in [6, 6.07) is 16.9. The van der Waals surface area contributed by atoms with Crippen molar-refractivity contribution in [2.75, 3.05) is 10.7 Å². The van der Waals surface area contributed by atoms with Crippen LogP contribution in [0.2, 0.25) is 0 Å². The van der Waals surface area contributed by atoms with Gasteiger partial charge in [0.1, 0.15) is 5.76 Å². The second-order valence-corrected chi connectivity index (χ2v) is 9.02. The Morgan fingerprint density at radius 2 is 1.86 bits per heavy atom. The lowest BCUT2D eigenvalue weighted by molar-refractivity contribution is -0.384. The summed E-state index contributed by atoms with van der Waals surface area (Å²) in [5, 5.41) is 20.1. The number of furan rings is 1. The first-order chi connectivity index (χ1) is 17.5. The Bertz CT molecular complexity index is 1440. The fourth-order valence-corrected chi connectivity index (χ4v) is 4.42. The lowest BCUT2D eigenvalue weighted by atomic mass is 10.1. The minimum atomic E-state index is -0.956. The van der Waals surface area contributed by atoms with Gasteiger partial charge in [0.15, 0.2) is 11.5 Å². The molecular formula is C25H21N5O5S. The molecule has 1 amide bonds. The molecule has 0 aliphatic carbocycles. The van der Waals surface area contributed by atoms with Gasteiger partial charge < -0.3 is 9.15 Å². The van der Waals surface area contributed by atoms with Crippen LogP contribution in [-0.4, -0.2) is 31.8 Å². The van der Waals surface area contributed by atoms with E-state index in [1.807, 2.05) is 31.2 Å². The highest BCUT2D eigenvalue weighted by Gasteiger charge is 2.37. The average Bonchev–Trinajstić information content (AvgIpc) is 3.34. The number of fused-ring (bicyclic) bond motifs is 3. The van der Waals surface area contributed by atoms with Gasteiger partial charge in [-0.3, -0.25) is 19.8 Å². The lowest BCUT2D eigenvalue weighted by Gasteiger charge is -2.29. The number of rotatable bonds is 6. The zero-order valence-electron chi connectivity index (χ0n) is 19.5. The van der Waals surface area contributed by atoms with E-state index in [0.29, 0.717) is 39.2 Å². The van der Waals surface area contributed by atoms with Gasteiger partial charge in [0.25, 0.3) is 5.69 Å². The molecule has 2 aromatic heterocycles. The third kappa shape index (κ3) is 4.29. The molecule has 1 aliphatic rings. The summed E-state index contributed by atoms with van der Waals surface area (Å²) in [5.74, 6) is 1.68. The minimum Gasteiger partial charge on any atom is -0.455 e. The number of hydrogen-bond donors (Lipinski definition) is 0. The molecule has 0 saturated heterocycles. The summed E-state index contributed by atoms with van der Waals surface area (Å²) in [6.45, 7) is 3.77. The number of nitro benzene ring substituents is 1. The van der Waals surface area contributed by atoms with Crippen LogP contribution in [-0.2, 0) is 4.79 Å². The van der Waals surface area contributed by atoms with Crippen molar-refractivity contribution in [3.63, 3.8) is 0 Å². The predicted octanol–water partition coefficient (Wildman–Crippen LogP) is 5.65. The van der Waals surface area contributed by atoms with Gasteiger partial charge in [-0.1, -0.05) is 43.8 Å². The largest absolute Gasteiger partial charge is 0.455 e. The number of benzene rings is 2. The van der Waals surface area contributed by atoms with Crippen LogP contribution >= 0.6 is 11.8 Å². The molecule has 0 radical (unpaired) electrons. The highest BCUT2D eigenvalue weighted by molar-refractivity contribution is 7.99. The molecule has 0 saturated carbocycles. The van der Waals surface area contributed by atoms with Crippen molar-refractivity contribution in [3.8, 4) is 28.5 Å². The van der Waals surface area contributed by atoms with E-state index in [0.717, 1.165) is 5.75 Å². The van der Waals surface area contributed by atoms with Crippen molar-refractivity contribution in [1.82, 2.24) is 15.2 Å². The molecule has 4 aromatic rings. The number of carbonyl (C=O) groups excluding carboxylic acids is 1. The van der Waals surface area contributed by atoms with E-state index < -0.39 is 11.2 Å². The number of non-ortho nitro benzene ring substituents is 1. The molecule has 0 N–H and O–H groups in total. The number of para-hydroxylation sites is 1. The van der Waals surface area contributed by atoms with E-state index in [4.69, 9.17) is 9.15 Å². The Morgan fingerprint density at radius 3 is 2.58 bits per heavy atom. The van der Waals surface area contributed by atoms with Gasteiger partial charge in [-0.2, -0.15) is 4.98 Å². The molecule has 0 unspecified atom stereocenters. The highest BCUT2D eigenvalue weighted by atomic mass is 32.2. The van der Waals surface area contributed by atoms with E-state index >= 15 is 0 Å². The number of ether oxygens (including phenoxy) is 1. The number of nitro groups is 1. The van der Waals surface area contributed by atoms with Gasteiger partial charge in [0, 0.05) is 29.7 Å².